The average molecular weight is 306 g/mol. The van der Waals surface area contributed by atoms with E-state index >= 15 is 0 Å². The number of hydrogen-bond donors (Lipinski definition) is 1. The van der Waals surface area contributed by atoms with Gasteiger partial charge in [0, 0.05) is 24.8 Å². The fraction of sp³-hybridized carbons (Fsp3) is 0.684. The fourth-order valence-corrected chi connectivity index (χ4v) is 2.43. The molecular formula is C19H34N2O. The van der Waals surface area contributed by atoms with E-state index < -0.39 is 0 Å². The first-order chi connectivity index (χ1) is 10.7. The Bertz CT molecular complexity index is 387. The van der Waals surface area contributed by atoms with Crippen molar-refractivity contribution in [3.63, 3.8) is 0 Å². The number of nitrogens with zero attached hydrogens (tertiary/aromatic N) is 1. The Hall–Kier alpha value is -1.22. The zero-order chi connectivity index (χ0) is 16.2. The van der Waals surface area contributed by atoms with E-state index in [9.17, 15) is 0 Å². The van der Waals surface area contributed by atoms with E-state index in [1.165, 1.54) is 25.9 Å². The van der Waals surface area contributed by atoms with Crippen molar-refractivity contribution in [3.8, 4) is 5.75 Å². The van der Waals surface area contributed by atoms with Crippen LogP contribution in [0.25, 0.3) is 0 Å². The number of hydrogen-bond acceptors (Lipinski definition) is 3. The van der Waals surface area contributed by atoms with Crippen molar-refractivity contribution in [2.45, 2.75) is 47.0 Å². The number of ether oxygens (including phenoxy) is 1. The third-order valence-electron chi connectivity index (χ3n) is 3.63. The van der Waals surface area contributed by atoms with Crippen LogP contribution in [-0.2, 0) is 0 Å². The predicted molar refractivity (Wildman–Crippen MR) is 96.9 cm³/mol. The first kappa shape index (κ1) is 18.8. The molecule has 1 aromatic carbocycles. The molecule has 3 heteroatoms. The number of nitrogens with one attached hydrogen (secondary N) is 1. The van der Waals surface area contributed by atoms with Crippen LogP contribution in [-0.4, -0.2) is 37.7 Å². The molecule has 0 spiro atoms. The Kier molecular flexibility index (Phi) is 9.72. The van der Waals surface area contributed by atoms with Gasteiger partial charge in [-0.05, 0) is 50.4 Å². The summed E-state index contributed by atoms with van der Waals surface area (Å²) in [5, 5.41) is 3.51. The highest BCUT2D eigenvalue weighted by atomic mass is 16.5. The minimum absolute atomic E-state index is 0.685. The quantitative estimate of drug-likeness (QED) is 0.608. The smallest absolute Gasteiger partial charge is 0.121 e. The van der Waals surface area contributed by atoms with Gasteiger partial charge in [0.1, 0.15) is 5.75 Å². The van der Waals surface area contributed by atoms with Crippen LogP contribution in [0.4, 0.5) is 5.69 Å². The summed E-state index contributed by atoms with van der Waals surface area (Å²) >= 11 is 0. The summed E-state index contributed by atoms with van der Waals surface area (Å²) in [6.45, 7) is 14.2. The molecule has 3 nitrogen and oxygen atoms in total. The van der Waals surface area contributed by atoms with Crippen LogP contribution in [0.2, 0.25) is 0 Å². The third-order valence-corrected chi connectivity index (χ3v) is 3.63. The molecule has 0 atom stereocenters. The Morgan fingerprint density at radius 3 is 2.45 bits per heavy atom. The molecule has 0 aliphatic carbocycles. The van der Waals surface area contributed by atoms with Crippen LogP contribution in [0, 0.1) is 5.92 Å². The molecule has 0 amide bonds. The standard InChI is InChI=1S/C19H34N2O/c1-5-12-21(13-6-2)14-11-20-18-8-7-9-19(16-18)22-15-10-17(3)4/h7-9,16-17,20H,5-6,10-15H2,1-4H3. The van der Waals surface area contributed by atoms with Gasteiger partial charge in [-0.1, -0.05) is 33.8 Å². The van der Waals surface area contributed by atoms with E-state index in [0.29, 0.717) is 5.92 Å². The minimum atomic E-state index is 0.685. The van der Waals surface area contributed by atoms with Gasteiger partial charge in [0.15, 0.2) is 0 Å². The van der Waals surface area contributed by atoms with Gasteiger partial charge in [-0.15, -0.1) is 0 Å². The molecule has 0 aliphatic heterocycles. The van der Waals surface area contributed by atoms with Crippen molar-refractivity contribution in [2.75, 3.05) is 38.1 Å². The van der Waals surface area contributed by atoms with Gasteiger partial charge in [0.05, 0.1) is 6.61 Å². The maximum Gasteiger partial charge on any atom is 0.121 e. The Morgan fingerprint density at radius 2 is 1.82 bits per heavy atom. The highest BCUT2D eigenvalue weighted by Gasteiger charge is 2.02. The Labute approximate surface area is 137 Å². The van der Waals surface area contributed by atoms with E-state index in [1.807, 2.05) is 6.07 Å². The molecule has 0 heterocycles. The van der Waals surface area contributed by atoms with Crippen molar-refractivity contribution in [1.29, 1.82) is 0 Å². The zero-order valence-electron chi connectivity index (χ0n) is 14.9. The second kappa shape index (κ2) is 11.4. The minimum Gasteiger partial charge on any atom is -0.494 e. The zero-order valence-corrected chi connectivity index (χ0v) is 14.9. The summed E-state index contributed by atoms with van der Waals surface area (Å²) in [4.78, 5) is 2.52. The van der Waals surface area contributed by atoms with Gasteiger partial charge in [0.25, 0.3) is 0 Å². The lowest BCUT2D eigenvalue weighted by Crippen LogP contribution is -2.30. The highest BCUT2D eigenvalue weighted by Crippen LogP contribution is 2.17. The molecule has 0 bridgehead atoms. The lowest BCUT2D eigenvalue weighted by Gasteiger charge is -2.21. The molecule has 0 fully saturated rings. The lowest BCUT2D eigenvalue weighted by atomic mass is 10.1. The lowest BCUT2D eigenvalue weighted by molar-refractivity contribution is 0.285. The second-order valence-electron chi connectivity index (χ2n) is 6.33. The summed E-state index contributed by atoms with van der Waals surface area (Å²) in [5.74, 6) is 1.65. The molecule has 0 unspecified atom stereocenters. The second-order valence-corrected chi connectivity index (χ2v) is 6.33. The van der Waals surface area contributed by atoms with Crippen LogP contribution in [0.3, 0.4) is 0 Å². The van der Waals surface area contributed by atoms with Crippen LogP contribution in [0.5, 0.6) is 5.75 Å². The van der Waals surface area contributed by atoms with Gasteiger partial charge in [-0.2, -0.15) is 0 Å². The maximum atomic E-state index is 5.81. The van der Waals surface area contributed by atoms with Crippen LogP contribution < -0.4 is 10.1 Å². The number of rotatable bonds is 12. The number of anilines is 1. The highest BCUT2D eigenvalue weighted by molar-refractivity contribution is 5.48. The van der Waals surface area contributed by atoms with E-state index in [0.717, 1.165) is 37.6 Å². The predicted octanol–water partition coefficient (Wildman–Crippen LogP) is 4.65. The van der Waals surface area contributed by atoms with Crippen LogP contribution in [0.1, 0.15) is 47.0 Å². The molecule has 1 rings (SSSR count). The molecule has 0 saturated heterocycles. The van der Waals surface area contributed by atoms with Crippen molar-refractivity contribution in [3.05, 3.63) is 24.3 Å². The van der Waals surface area contributed by atoms with E-state index in [-0.39, 0.29) is 0 Å². The topological polar surface area (TPSA) is 24.5 Å². The van der Waals surface area contributed by atoms with E-state index in [4.69, 9.17) is 4.74 Å². The van der Waals surface area contributed by atoms with E-state index in [1.54, 1.807) is 0 Å². The Morgan fingerprint density at radius 1 is 1.09 bits per heavy atom. The van der Waals surface area contributed by atoms with Crippen molar-refractivity contribution < 1.29 is 4.74 Å². The van der Waals surface area contributed by atoms with Gasteiger partial charge in [-0.3, -0.25) is 0 Å². The molecule has 1 N–H and O–H groups in total. The molecular weight excluding hydrogens is 272 g/mol. The van der Waals surface area contributed by atoms with Gasteiger partial charge < -0.3 is 15.0 Å². The van der Waals surface area contributed by atoms with Crippen molar-refractivity contribution in [1.82, 2.24) is 4.90 Å². The first-order valence-corrected chi connectivity index (χ1v) is 8.84. The maximum absolute atomic E-state index is 5.81. The fourth-order valence-electron chi connectivity index (χ4n) is 2.43. The largest absolute Gasteiger partial charge is 0.494 e. The van der Waals surface area contributed by atoms with Crippen LogP contribution >= 0.6 is 0 Å². The third kappa shape index (κ3) is 8.28. The van der Waals surface area contributed by atoms with Crippen LogP contribution in [0.15, 0.2) is 24.3 Å². The van der Waals surface area contributed by atoms with Gasteiger partial charge in [-0.25, -0.2) is 0 Å². The SMILES string of the molecule is CCCN(CCC)CCNc1cccc(OCCC(C)C)c1. The summed E-state index contributed by atoms with van der Waals surface area (Å²) in [6, 6.07) is 8.30. The molecule has 22 heavy (non-hydrogen) atoms. The Balaban J connectivity index is 2.35. The summed E-state index contributed by atoms with van der Waals surface area (Å²) in [6.07, 6.45) is 3.54. The van der Waals surface area contributed by atoms with Crippen molar-refractivity contribution in [2.24, 2.45) is 5.92 Å². The summed E-state index contributed by atoms with van der Waals surface area (Å²) < 4.78 is 5.81. The average Bonchev–Trinajstić information content (AvgIpc) is 2.48. The summed E-state index contributed by atoms with van der Waals surface area (Å²) in [7, 11) is 0. The van der Waals surface area contributed by atoms with E-state index in [2.05, 4.69) is 56.1 Å². The van der Waals surface area contributed by atoms with Gasteiger partial charge >= 0.3 is 0 Å². The normalized spacial score (nSPS) is 11.2. The number of benzene rings is 1. The molecule has 0 radical (unpaired) electrons. The first-order valence-electron chi connectivity index (χ1n) is 8.84. The molecule has 126 valence electrons. The molecule has 0 saturated carbocycles. The molecule has 1 aromatic rings. The monoisotopic (exact) mass is 306 g/mol. The van der Waals surface area contributed by atoms with Crippen molar-refractivity contribution >= 4 is 5.69 Å². The summed E-state index contributed by atoms with van der Waals surface area (Å²) in [5.41, 5.74) is 1.15. The molecule has 0 aliphatic rings. The van der Waals surface area contributed by atoms with Gasteiger partial charge in [0.2, 0.25) is 0 Å². The molecule has 0 aromatic heterocycles.